The summed E-state index contributed by atoms with van der Waals surface area (Å²) < 4.78 is 0. The molecule has 2 aliphatic carbocycles. The summed E-state index contributed by atoms with van der Waals surface area (Å²) in [5.74, 6) is 1.95. The van der Waals surface area contributed by atoms with Crippen LogP contribution in [0.15, 0.2) is 0 Å². The van der Waals surface area contributed by atoms with E-state index in [2.05, 4.69) is 10.2 Å². The molecule has 6 atom stereocenters. The molecule has 3 fully saturated rings. The fraction of sp³-hybridized carbons (Fsp3) is 0.929. The summed E-state index contributed by atoms with van der Waals surface area (Å²) in [6.07, 6.45) is 2.13. The van der Waals surface area contributed by atoms with Gasteiger partial charge in [0.05, 0.1) is 12.1 Å². The number of amides is 1. The van der Waals surface area contributed by atoms with Gasteiger partial charge < -0.3 is 10.4 Å². The first-order chi connectivity index (χ1) is 8.49. The molecule has 4 nitrogen and oxygen atoms in total. The van der Waals surface area contributed by atoms with E-state index in [0.29, 0.717) is 11.8 Å². The van der Waals surface area contributed by atoms with Gasteiger partial charge in [-0.1, -0.05) is 0 Å². The normalized spacial score (nSPS) is 43.7. The molecule has 0 aromatic heterocycles. The van der Waals surface area contributed by atoms with Gasteiger partial charge in [0, 0.05) is 18.6 Å². The molecule has 1 saturated heterocycles. The molecular weight excluding hydrogens is 228 g/mol. The lowest BCUT2D eigenvalue weighted by atomic mass is 9.88. The van der Waals surface area contributed by atoms with Crippen LogP contribution in [-0.2, 0) is 4.79 Å². The number of aliphatic hydroxyl groups excluding tert-OH is 1. The van der Waals surface area contributed by atoms with Crippen molar-refractivity contribution in [1.29, 1.82) is 0 Å². The largest absolute Gasteiger partial charge is 0.391 e. The minimum absolute atomic E-state index is 0.0990. The summed E-state index contributed by atoms with van der Waals surface area (Å²) in [4.78, 5) is 14.4. The van der Waals surface area contributed by atoms with Crippen molar-refractivity contribution in [2.45, 2.75) is 57.8 Å². The Morgan fingerprint density at radius 1 is 1.28 bits per heavy atom. The van der Waals surface area contributed by atoms with E-state index in [-0.39, 0.29) is 30.1 Å². The minimum Gasteiger partial charge on any atom is -0.391 e. The van der Waals surface area contributed by atoms with E-state index in [1.807, 2.05) is 20.8 Å². The number of hydrogen-bond donors (Lipinski definition) is 2. The standard InChI is InChI=1S/C14H24N2O2/c1-7(2)15-14(18)8(3)16-6-10-4-9-5-11(10)12(16)13(9)17/h7-13,17H,4-6H2,1-3H3,(H,15,18). The smallest absolute Gasteiger partial charge is 0.237 e. The summed E-state index contributed by atoms with van der Waals surface area (Å²) in [5, 5.41) is 13.3. The van der Waals surface area contributed by atoms with Gasteiger partial charge in [-0.25, -0.2) is 0 Å². The zero-order chi connectivity index (χ0) is 13.0. The van der Waals surface area contributed by atoms with Crippen LogP contribution in [0.5, 0.6) is 0 Å². The van der Waals surface area contributed by atoms with Crippen LogP contribution in [-0.4, -0.2) is 46.7 Å². The molecule has 18 heavy (non-hydrogen) atoms. The van der Waals surface area contributed by atoms with Gasteiger partial charge in [0.25, 0.3) is 0 Å². The van der Waals surface area contributed by atoms with E-state index in [1.54, 1.807) is 0 Å². The molecule has 2 bridgehead atoms. The Labute approximate surface area is 109 Å². The second-order valence-corrected chi connectivity index (χ2v) is 6.67. The van der Waals surface area contributed by atoms with Crippen LogP contribution in [0, 0.1) is 17.8 Å². The number of carbonyl (C=O) groups excluding carboxylic acids is 1. The van der Waals surface area contributed by atoms with Gasteiger partial charge in [0.2, 0.25) is 5.91 Å². The molecule has 102 valence electrons. The highest BCUT2D eigenvalue weighted by molar-refractivity contribution is 5.81. The molecule has 1 amide bonds. The third-order valence-electron chi connectivity index (χ3n) is 5.19. The van der Waals surface area contributed by atoms with Gasteiger partial charge in [-0.15, -0.1) is 0 Å². The second kappa shape index (κ2) is 4.20. The average molecular weight is 252 g/mol. The average Bonchev–Trinajstić information content (AvgIpc) is 2.87. The fourth-order valence-corrected chi connectivity index (χ4v) is 4.45. The summed E-state index contributed by atoms with van der Waals surface area (Å²) in [7, 11) is 0. The van der Waals surface area contributed by atoms with Gasteiger partial charge >= 0.3 is 0 Å². The van der Waals surface area contributed by atoms with Crippen molar-refractivity contribution in [3.8, 4) is 0 Å². The summed E-state index contributed by atoms with van der Waals surface area (Å²) in [6.45, 7) is 6.94. The molecule has 3 rings (SSSR count). The fourth-order valence-electron chi connectivity index (χ4n) is 4.45. The molecule has 2 saturated carbocycles. The van der Waals surface area contributed by atoms with Crippen molar-refractivity contribution in [1.82, 2.24) is 10.2 Å². The molecule has 0 aromatic rings. The number of nitrogens with one attached hydrogen (secondary N) is 1. The maximum absolute atomic E-state index is 12.1. The predicted octanol–water partition coefficient (Wildman–Crippen LogP) is 0.601. The number of hydrogen-bond acceptors (Lipinski definition) is 3. The number of aliphatic hydroxyl groups is 1. The predicted molar refractivity (Wildman–Crippen MR) is 68.9 cm³/mol. The highest BCUT2D eigenvalue weighted by Crippen LogP contribution is 2.55. The SMILES string of the molecule is CC(C)NC(=O)C(C)N1CC2CC3CC2C1C3O. The zero-order valence-electron chi connectivity index (χ0n) is 11.5. The maximum Gasteiger partial charge on any atom is 0.237 e. The molecule has 4 heteroatoms. The molecule has 0 radical (unpaired) electrons. The Morgan fingerprint density at radius 3 is 2.61 bits per heavy atom. The molecule has 6 unspecified atom stereocenters. The van der Waals surface area contributed by atoms with E-state index in [0.717, 1.165) is 18.9 Å². The number of carbonyl (C=O) groups is 1. The molecular formula is C14H24N2O2. The van der Waals surface area contributed by atoms with Crippen LogP contribution >= 0.6 is 0 Å². The van der Waals surface area contributed by atoms with Gasteiger partial charge in [0.15, 0.2) is 0 Å². The van der Waals surface area contributed by atoms with Gasteiger partial charge in [-0.2, -0.15) is 0 Å². The Balaban J connectivity index is 1.72. The topological polar surface area (TPSA) is 52.6 Å². The van der Waals surface area contributed by atoms with Crippen LogP contribution in [0.25, 0.3) is 0 Å². The van der Waals surface area contributed by atoms with Crippen molar-refractivity contribution in [2.24, 2.45) is 17.8 Å². The van der Waals surface area contributed by atoms with Crippen molar-refractivity contribution < 1.29 is 9.90 Å². The molecule has 1 aliphatic heterocycles. The lowest BCUT2D eigenvalue weighted by Gasteiger charge is -2.32. The first-order valence-electron chi connectivity index (χ1n) is 7.23. The third-order valence-corrected chi connectivity index (χ3v) is 5.19. The van der Waals surface area contributed by atoms with Crippen LogP contribution in [0.2, 0.25) is 0 Å². The Kier molecular flexibility index (Phi) is 2.90. The summed E-state index contributed by atoms with van der Waals surface area (Å²) in [6, 6.07) is 0.304. The lowest BCUT2D eigenvalue weighted by molar-refractivity contribution is -0.127. The van der Waals surface area contributed by atoms with E-state index in [4.69, 9.17) is 0 Å². The third kappa shape index (κ3) is 1.69. The number of fused-ring (bicyclic) bond motifs is 1. The summed E-state index contributed by atoms with van der Waals surface area (Å²) in [5.41, 5.74) is 0. The van der Waals surface area contributed by atoms with Crippen LogP contribution in [0.1, 0.15) is 33.6 Å². The first kappa shape index (κ1) is 12.4. The molecule has 3 aliphatic rings. The van der Waals surface area contributed by atoms with Gasteiger partial charge in [-0.05, 0) is 51.4 Å². The minimum atomic E-state index is -0.206. The molecule has 0 spiro atoms. The Hall–Kier alpha value is -0.610. The maximum atomic E-state index is 12.1. The van der Waals surface area contributed by atoms with E-state index >= 15 is 0 Å². The van der Waals surface area contributed by atoms with Crippen molar-refractivity contribution in [3.63, 3.8) is 0 Å². The molecule has 2 N–H and O–H groups in total. The first-order valence-corrected chi connectivity index (χ1v) is 7.23. The van der Waals surface area contributed by atoms with E-state index < -0.39 is 0 Å². The summed E-state index contributed by atoms with van der Waals surface area (Å²) >= 11 is 0. The highest BCUT2D eigenvalue weighted by atomic mass is 16.3. The van der Waals surface area contributed by atoms with Crippen LogP contribution in [0.3, 0.4) is 0 Å². The van der Waals surface area contributed by atoms with Crippen LogP contribution in [0.4, 0.5) is 0 Å². The van der Waals surface area contributed by atoms with E-state index in [9.17, 15) is 9.90 Å². The number of nitrogens with zero attached hydrogens (tertiary/aromatic N) is 1. The Morgan fingerprint density at radius 2 is 2.00 bits per heavy atom. The van der Waals surface area contributed by atoms with Crippen molar-refractivity contribution >= 4 is 5.91 Å². The number of rotatable bonds is 3. The molecule has 0 aromatic carbocycles. The van der Waals surface area contributed by atoms with Gasteiger partial charge in [-0.3, -0.25) is 9.69 Å². The van der Waals surface area contributed by atoms with Gasteiger partial charge in [0.1, 0.15) is 0 Å². The van der Waals surface area contributed by atoms with Crippen molar-refractivity contribution in [3.05, 3.63) is 0 Å². The van der Waals surface area contributed by atoms with E-state index in [1.165, 1.54) is 6.42 Å². The number of likely N-dealkylation sites (tertiary alicyclic amines) is 1. The lowest BCUT2D eigenvalue weighted by Crippen LogP contribution is -2.51. The molecule has 1 heterocycles. The monoisotopic (exact) mass is 252 g/mol. The quantitative estimate of drug-likeness (QED) is 0.773. The Bertz CT molecular complexity index is 356. The zero-order valence-corrected chi connectivity index (χ0v) is 11.5. The second-order valence-electron chi connectivity index (χ2n) is 6.67. The van der Waals surface area contributed by atoms with Crippen molar-refractivity contribution in [2.75, 3.05) is 6.54 Å². The van der Waals surface area contributed by atoms with Crippen LogP contribution < -0.4 is 5.32 Å². The highest BCUT2D eigenvalue weighted by Gasteiger charge is 2.59.